The van der Waals surface area contributed by atoms with E-state index in [-0.39, 0.29) is 5.91 Å². The number of hydrogen-bond acceptors (Lipinski definition) is 4. The van der Waals surface area contributed by atoms with Gasteiger partial charge in [-0.3, -0.25) is 4.79 Å². The van der Waals surface area contributed by atoms with Crippen molar-refractivity contribution in [1.82, 2.24) is 5.32 Å². The Labute approximate surface area is 161 Å². The van der Waals surface area contributed by atoms with Gasteiger partial charge in [-0.15, -0.1) is 11.8 Å². The fourth-order valence-corrected chi connectivity index (χ4v) is 3.69. The normalized spacial score (nSPS) is 10.4. The molecule has 0 aliphatic carbocycles. The number of amides is 1. The summed E-state index contributed by atoms with van der Waals surface area (Å²) in [6.45, 7) is 4.55. The second-order valence-electron chi connectivity index (χ2n) is 5.62. The molecule has 0 radical (unpaired) electrons. The Morgan fingerprint density at radius 2 is 1.80 bits per heavy atom. The fraction of sp³-hybridized carbons (Fsp3) is 0.316. The van der Waals surface area contributed by atoms with Crippen LogP contribution in [0.5, 0.6) is 11.5 Å². The number of rotatable bonds is 7. The highest BCUT2D eigenvalue weighted by atomic mass is 79.9. The standard InChI is InChI=1S/C19H22BrNO3S/c1-12-8-18(13(2)7-15(12)20)25-11-19(22)21-10-14-5-6-16(23-3)17(9-14)24-4/h5-9H,10-11H2,1-4H3,(H,21,22). The van der Waals surface area contributed by atoms with Crippen molar-refractivity contribution in [2.75, 3.05) is 20.0 Å². The Morgan fingerprint density at radius 1 is 1.08 bits per heavy atom. The lowest BCUT2D eigenvalue weighted by atomic mass is 10.2. The quantitative estimate of drug-likeness (QED) is 0.666. The van der Waals surface area contributed by atoms with Crippen molar-refractivity contribution < 1.29 is 14.3 Å². The third-order valence-corrected chi connectivity index (χ3v) is 5.76. The van der Waals surface area contributed by atoms with E-state index in [1.807, 2.05) is 32.0 Å². The van der Waals surface area contributed by atoms with Crippen LogP contribution >= 0.6 is 27.7 Å². The minimum atomic E-state index is -0.000225. The lowest BCUT2D eigenvalue weighted by molar-refractivity contribution is -0.118. The molecular formula is C19H22BrNO3S. The summed E-state index contributed by atoms with van der Waals surface area (Å²) >= 11 is 5.07. The number of carbonyl (C=O) groups is 1. The maximum atomic E-state index is 12.1. The third-order valence-electron chi connectivity index (χ3n) is 3.75. The molecule has 0 fully saturated rings. The van der Waals surface area contributed by atoms with E-state index in [2.05, 4.69) is 33.4 Å². The Kier molecular flexibility index (Phi) is 7.20. The third kappa shape index (κ3) is 5.41. The first-order chi connectivity index (χ1) is 11.9. The highest BCUT2D eigenvalue weighted by Crippen LogP contribution is 2.29. The van der Waals surface area contributed by atoms with Crippen molar-refractivity contribution in [2.45, 2.75) is 25.3 Å². The van der Waals surface area contributed by atoms with Crippen LogP contribution in [0.3, 0.4) is 0 Å². The highest BCUT2D eigenvalue weighted by Gasteiger charge is 2.09. The van der Waals surface area contributed by atoms with Gasteiger partial charge in [-0.1, -0.05) is 22.0 Å². The first-order valence-electron chi connectivity index (χ1n) is 7.81. The highest BCUT2D eigenvalue weighted by molar-refractivity contribution is 9.10. The number of ether oxygens (including phenoxy) is 2. The van der Waals surface area contributed by atoms with Crippen LogP contribution in [0.4, 0.5) is 0 Å². The van der Waals surface area contributed by atoms with Crippen LogP contribution in [-0.2, 0) is 11.3 Å². The van der Waals surface area contributed by atoms with Crippen molar-refractivity contribution >= 4 is 33.6 Å². The summed E-state index contributed by atoms with van der Waals surface area (Å²) in [6.07, 6.45) is 0. The molecule has 2 aromatic rings. The van der Waals surface area contributed by atoms with E-state index in [0.717, 1.165) is 20.5 Å². The summed E-state index contributed by atoms with van der Waals surface area (Å²) in [6, 6.07) is 9.80. The molecule has 2 aromatic carbocycles. The Balaban J connectivity index is 1.90. The molecule has 6 heteroatoms. The van der Waals surface area contributed by atoms with Crippen LogP contribution < -0.4 is 14.8 Å². The van der Waals surface area contributed by atoms with Crippen molar-refractivity contribution in [3.05, 3.63) is 51.5 Å². The first kappa shape index (κ1) is 19.7. The van der Waals surface area contributed by atoms with Crippen molar-refractivity contribution in [1.29, 1.82) is 0 Å². The lowest BCUT2D eigenvalue weighted by Crippen LogP contribution is -2.24. The molecule has 0 atom stereocenters. The maximum Gasteiger partial charge on any atom is 0.230 e. The second-order valence-corrected chi connectivity index (χ2v) is 7.49. The van der Waals surface area contributed by atoms with Crippen LogP contribution in [-0.4, -0.2) is 25.9 Å². The molecule has 2 rings (SSSR count). The van der Waals surface area contributed by atoms with Crippen molar-refractivity contribution in [2.24, 2.45) is 0 Å². The average molecular weight is 424 g/mol. The van der Waals surface area contributed by atoms with Gasteiger partial charge < -0.3 is 14.8 Å². The molecule has 1 amide bonds. The molecule has 0 spiro atoms. The summed E-state index contributed by atoms with van der Waals surface area (Å²) in [5.41, 5.74) is 3.29. The molecule has 0 saturated heterocycles. The summed E-state index contributed by atoms with van der Waals surface area (Å²) in [7, 11) is 3.20. The van der Waals surface area contributed by atoms with Gasteiger partial charge in [0.1, 0.15) is 0 Å². The molecular weight excluding hydrogens is 402 g/mol. The lowest BCUT2D eigenvalue weighted by Gasteiger charge is -2.11. The number of nitrogens with one attached hydrogen (secondary N) is 1. The van der Waals surface area contributed by atoms with E-state index in [4.69, 9.17) is 9.47 Å². The molecule has 4 nitrogen and oxygen atoms in total. The molecule has 0 saturated carbocycles. The fourth-order valence-electron chi connectivity index (χ4n) is 2.30. The van der Waals surface area contributed by atoms with Crippen LogP contribution in [0, 0.1) is 13.8 Å². The number of carbonyl (C=O) groups excluding carboxylic acids is 1. The van der Waals surface area contributed by atoms with Crippen LogP contribution in [0.2, 0.25) is 0 Å². The average Bonchev–Trinajstić information content (AvgIpc) is 2.61. The zero-order valence-corrected chi connectivity index (χ0v) is 17.2. The molecule has 1 N–H and O–H groups in total. The Hall–Kier alpha value is -1.66. The number of aryl methyl sites for hydroxylation is 2. The van der Waals surface area contributed by atoms with E-state index in [0.29, 0.717) is 23.8 Å². The van der Waals surface area contributed by atoms with Gasteiger partial charge in [0.15, 0.2) is 11.5 Å². The SMILES string of the molecule is COc1ccc(CNC(=O)CSc2cc(C)c(Br)cc2C)cc1OC. The minimum Gasteiger partial charge on any atom is -0.493 e. The topological polar surface area (TPSA) is 47.6 Å². The number of benzene rings is 2. The molecule has 0 aliphatic heterocycles. The summed E-state index contributed by atoms with van der Waals surface area (Å²) < 4.78 is 11.6. The Bertz CT molecular complexity index is 765. The number of thioether (sulfide) groups is 1. The van der Waals surface area contributed by atoms with E-state index in [9.17, 15) is 4.79 Å². The molecule has 0 heterocycles. The summed E-state index contributed by atoms with van der Waals surface area (Å²) in [5.74, 6) is 1.72. The predicted molar refractivity (Wildman–Crippen MR) is 106 cm³/mol. The first-order valence-corrected chi connectivity index (χ1v) is 9.59. The molecule has 0 aliphatic rings. The molecule has 25 heavy (non-hydrogen) atoms. The van der Waals surface area contributed by atoms with Gasteiger partial charge in [-0.05, 0) is 54.8 Å². The number of halogens is 1. The van der Waals surface area contributed by atoms with Crippen LogP contribution in [0.15, 0.2) is 39.7 Å². The van der Waals surface area contributed by atoms with Gasteiger partial charge in [0.25, 0.3) is 0 Å². The zero-order valence-electron chi connectivity index (χ0n) is 14.8. The van der Waals surface area contributed by atoms with Crippen molar-refractivity contribution in [3.8, 4) is 11.5 Å². The summed E-state index contributed by atoms with van der Waals surface area (Å²) in [4.78, 5) is 13.3. The van der Waals surface area contributed by atoms with Gasteiger partial charge >= 0.3 is 0 Å². The minimum absolute atomic E-state index is 0.000225. The number of hydrogen-bond donors (Lipinski definition) is 1. The van der Waals surface area contributed by atoms with Gasteiger partial charge in [-0.25, -0.2) is 0 Å². The van der Waals surface area contributed by atoms with E-state index in [1.165, 1.54) is 5.56 Å². The predicted octanol–water partition coefficient (Wildman–Crippen LogP) is 4.49. The molecule has 134 valence electrons. The van der Waals surface area contributed by atoms with Gasteiger partial charge in [-0.2, -0.15) is 0 Å². The smallest absolute Gasteiger partial charge is 0.230 e. The largest absolute Gasteiger partial charge is 0.493 e. The van der Waals surface area contributed by atoms with E-state index in [1.54, 1.807) is 26.0 Å². The summed E-state index contributed by atoms with van der Waals surface area (Å²) in [5, 5.41) is 2.94. The van der Waals surface area contributed by atoms with E-state index < -0.39 is 0 Å². The van der Waals surface area contributed by atoms with Gasteiger partial charge in [0, 0.05) is 15.9 Å². The second kappa shape index (κ2) is 9.15. The molecule has 0 aromatic heterocycles. The molecule has 0 unspecified atom stereocenters. The Morgan fingerprint density at radius 3 is 2.48 bits per heavy atom. The van der Waals surface area contributed by atoms with Crippen LogP contribution in [0.1, 0.15) is 16.7 Å². The monoisotopic (exact) mass is 423 g/mol. The maximum absolute atomic E-state index is 12.1. The zero-order chi connectivity index (χ0) is 18.4. The number of methoxy groups -OCH3 is 2. The molecule has 0 bridgehead atoms. The van der Waals surface area contributed by atoms with Crippen LogP contribution in [0.25, 0.3) is 0 Å². The van der Waals surface area contributed by atoms with Crippen molar-refractivity contribution in [3.63, 3.8) is 0 Å². The van der Waals surface area contributed by atoms with Gasteiger partial charge in [0.05, 0.1) is 20.0 Å². The van der Waals surface area contributed by atoms with E-state index >= 15 is 0 Å². The van der Waals surface area contributed by atoms with Gasteiger partial charge in [0.2, 0.25) is 5.91 Å².